The van der Waals surface area contributed by atoms with Gasteiger partial charge < -0.3 is 14.8 Å². The maximum atomic E-state index is 13.0. The quantitative estimate of drug-likeness (QED) is 0.478. The summed E-state index contributed by atoms with van der Waals surface area (Å²) >= 11 is 0. The number of ether oxygens (including phenoxy) is 2. The van der Waals surface area contributed by atoms with Crippen LogP contribution in [0, 0.1) is 6.92 Å². The predicted molar refractivity (Wildman–Crippen MR) is 121 cm³/mol. The monoisotopic (exact) mass is 494 g/mol. The molecule has 0 aliphatic rings. The van der Waals surface area contributed by atoms with Crippen LogP contribution in [0.1, 0.15) is 21.5 Å². The summed E-state index contributed by atoms with van der Waals surface area (Å²) in [6.45, 7) is 1.58. The number of amides is 1. The first kappa shape index (κ1) is 24.9. The van der Waals surface area contributed by atoms with E-state index in [0.29, 0.717) is 11.3 Å². The van der Waals surface area contributed by atoms with Gasteiger partial charge in [-0.2, -0.15) is 13.2 Å². The molecular weight excluding hydrogens is 473 g/mol. The van der Waals surface area contributed by atoms with E-state index in [4.69, 9.17) is 9.47 Å². The minimum atomic E-state index is -4.57. The van der Waals surface area contributed by atoms with Crippen LogP contribution in [0.3, 0.4) is 0 Å². The second-order valence-corrected chi connectivity index (χ2v) is 8.86. The largest absolute Gasteiger partial charge is 0.497 e. The van der Waals surface area contributed by atoms with Crippen LogP contribution in [-0.2, 0) is 16.2 Å². The Bertz CT molecular complexity index is 1320. The molecule has 0 bridgehead atoms. The fraction of sp³-hybridized carbons (Fsp3) is 0.174. The summed E-state index contributed by atoms with van der Waals surface area (Å²) in [6, 6.07) is 12.6. The summed E-state index contributed by atoms with van der Waals surface area (Å²) in [5, 5.41) is 2.38. The van der Waals surface area contributed by atoms with E-state index in [1.54, 1.807) is 13.0 Å². The molecule has 0 atom stereocenters. The van der Waals surface area contributed by atoms with Crippen molar-refractivity contribution in [3.63, 3.8) is 0 Å². The predicted octanol–water partition coefficient (Wildman–Crippen LogP) is 5.08. The highest BCUT2D eigenvalue weighted by Gasteiger charge is 2.30. The third-order valence-corrected chi connectivity index (χ3v) is 6.23. The SMILES string of the molecule is COc1ccc(NS(=O)(=O)c2ccc(C)c(C(=O)Nc3cccc(C(F)(F)F)c3)c2)c(OC)c1. The van der Waals surface area contributed by atoms with Gasteiger partial charge in [0.05, 0.1) is 30.4 Å². The van der Waals surface area contributed by atoms with Gasteiger partial charge >= 0.3 is 6.18 Å². The molecule has 0 spiro atoms. The Morgan fingerprint density at radius 3 is 2.32 bits per heavy atom. The molecule has 3 rings (SSSR count). The minimum Gasteiger partial charge on any atom is -0.497 e. The molecule has 34 heavy (non-hydrogen) atoms. The van der Waals surface area contributed by atoms with Gasteiger partial charge in [-0.15, -0.1) is 0 Å². The number of halogens is 3. The van der Waals surface area contributed by atoms with Crippen molar-refractivity contribution < 1.29 is 35.9 Å². The molecule has 180 valence electrons. The Hall–Kier alpha value is -3.73. The molecule has 0 fully saturated rings. The van der Waals surface area contributed by atoms with Crippen LogP contribution in [-0.4, -0.2) is 28.5 Å². The van der Waals surface area contributed by atoms with Crippen molar-refractivity contribution in [1.29, 1.82) is 0 Å². The normalized spacial score (nSPS) is 11.6. The molecule has 3 aromatic carbocycles. The summed E-state index contributed by atoms with van der Waals surface area (Å²) in [5.74, 6) is -0.0721. The number of sulfonamides is 1. The second-order valence-electron chi connectivity index (χ2n) is 7.18. The molecule has 11 heteroatoms. The maximum Gasteiger partial charge on any atom is 0.416 e. The smallest absolute Gasteiger partial charge is 0.416 e. The van der Waals surface area contributed by atoms with Gasteiger partial charge in [-0.05, 0) is 55.0 Å². The number of alkyl halides is 3. The topological polar surface area (TPSA) is 93.7 Å². The van der Waals surface area contributed by atoms with Gasteiger partial charge in [-0.25, -0.2) is 8.42 Å². The third kappa shape index (κ3) is 5.60. The first-order chi connectivity index (χ1) is 15.9. The van der Waals surface area contributed by atoms with Gasteiger partial charge in [0, 0.05) is 17.3 Å². The van der Waals surface area contributed by atoms with Crippen LogP contribution in [0.2, 0.25) is 0 Å². The average Bonchev–Trinajstić information content (AvgIpc) is 2.78. The summed E-state index contributed by atoms with van der Waals surface area (Å²) in [5.41, 5.74) is -0.421. The number of carbonyl (C=O) groups is 1. The Morgan fingerprint density at radius 1 is 0.941 bits per heavy atom. The van der Waals surface area contributed by atoms with Crippen LogP contribution in [0.25, 0.3) is 0 Å². The number of aryl methyl sites for hydroxylation is 1. The number of anilines is 2. The van der Waals surface area contributed by atoms with E-state index in [2.05, 4.69) is 10.0 Å². The highest BCUT2D eigenvalue weighted by molar-refractivity contribution is 7.92. The van der Waals surface area contributed by atoms with Crippen molar-refractivity contribution in [1.82, 2.24) is 0 Å². The molecular formula is C23H21F3N2O5S. The van der Waals surface area contributed by atoms with E-state index in [-0.39, 0.29) is 27.6 Å². The van der Waals surface area contributed by atoms with E-state index in [1.807, 2.05) is 0 Å². The number of rotatable bonds is 7. The number of carbonyl (C=O) groups excluding carboxylic acids is 1. The minimum absolute atomic E-state index is 0.0121. The molecule has 3 aromatic rings. The van der Waals surface area contributed by atoms with E-state index in [0.717, 1.165) is 18.2 Å². The van der Waals surface area contributed by atoms with Gasteiger partial charge in [0.2, 0.25) is 0 Å². The van der Waals surface area contributed by atoms with E-state index in [9.17, 15) is 26.4 Å². The maximum absolute atomic E-state index is 13.0. The summed E-state index contributed by atoms with van der Waals surface area (Å²) in [4.78, 5) is 12.5. The van der Waals surface area contributed by atoms with Crippen molar-refractivity contribution in [2.45, 2.75) is 18.0 Å². The molecule has 0 saturated heterocycles. The number of methoxy groups -OCH3 is 2. The highest BCUT2D eigenvalue weighted by Crippen LogP contribution is 2.32. The number of benzene rings is 3. The summed E-state index contributed by atoms with van der Waals surface area (Å²) in [7, 11) is -1.31. The van der Waals surface area contributed by atoms with Crippen molar-refractivity contribution >= 4 is 27.3 Å². The Morgan fingerprint density at radius 2 is 1.68 bits per heavy atom. The van der Waals surface area contributed by atoms with Crippen molar-refractivity contribution in [3.05, 3.63) is 77.4 Å². The zero-order chi connectivity index (χ0) is 25.1. The summed E-state index contributed by atoms with van der Waals surface area (Å²) in [6.07, 6.45) is -4.57. The van der Waals surface area contributed by atoms with Crippen LogP contribution < -0.4 is 19.5 Å². The van der Waals surface area contributed by atoms with Crippen LogP contribution in [0.15, 0.2) is 65.6 Å². The molecule has 0 aliphatic heterocycles. The van der Waals surface area contributed by atoms with E-state index >= 15 is 0 Å². The molecule has 0 aromatic heterocycles. The number of hydrogen-bond acceptors (Lipinski definition) is 5. The van der Waals surface area contributed by atoms with E-state index < -0.39 is 27.7 Å². The second kappa shape index (κ2) is 9.64. The average molecular weight is 494 g/mol. The zero-order valence-electron chi connectivity index (χ0n) is 18.4. The third-order valence-electron chi connectivity index (χ3n) is 4.86. The lowest BCUT2D eigenvalue weighted by molar-refractivity contribution is -0.137. The Balaban J connectivity index is 1.89. The molecule has 0 saturated carbocycles. The fourth-order valence-corrected chi connectivity index (χ4v) is 4.17. The molecule has 0 radical (unpaired) electrons. The van der Waals surface area contributed by atoms with Gasteiger partial charge in [0.15, 0.2) is 0 Å². The lowest BCUT2D eigenvalue weighted by atomic mass is 10.1. The molecule has 0 unspecified atom stereocenters. The van der Waals surface area contributed by atoms with Gasteiger partial charge in [-0.1, -0.05) is 12.1 Å². The lowest BCUT2D eigenvalue weighted by Crippen LogP contribution is -2.17. The van der Waals surface area contributed by atoms with E-state index in [1.165, 1.54) is 50.6 Å². The molecule has 0 heterocycles. The van der Waals surface area contributed by atoms with Crippen molar-refractivity contribution in [2.75, 3.05) is 24.3 Å². The molecule has 2 N–H and O–H groups in total. The Labute approximate surface area is 194 Å². The van der Waals surface area contributed by atoms with Gasteiger partial charge in [0.25, 0.3) is 15.9 Å². The summed E-state index contributed by atoms with van der Waals surface area (Å²) < 4.78 is 77.5. The van der Waals surface area contributed by atoms with Crippen molar-refractivity contribution in [2.24, 2.45) is 0 Å². The first-order valence-electron chi connectivity index (χ1n) is 9.78. The molecule has 7 nitrogen and oxygen atoms in total. The van der Waals surface area contributed by atoms with Crippen LogP contribution >= 0.6 is 0 Å². The first-order valence-corrected chi connectivity index (χ1v) is 11.3. The number of nitrogens with one attached hydrogen (secondary N) is 2. The molecule has 0 aliphatic carbocycles. The number of hydrogen-bond donors (Lipinski definition) is 2. The molecule has 1 amide bonds. The zero-order valence-corrected chi connectivity index (χ0v) is 19.2. The van der Waals surface area contributed by atoms with Gasteiger partial charge in [0.1, 0.15) is 11.5 Å². The lowest BCUT2D eigenvalue weighted by Gasteiger charge is -2.15. The van der Waals surface area contributed by atoms with Crippen LogP contribution in [0.4, 0.5) is 24.5 Å². The van der Waals surface area contributed by atoms with Crippen LogP contribution in [0.5, 0.6) is 11.5 Å². The highest BCUT2D eigenvalue weighted by atomic mass is 32.2. The van der Waals surface area contributed by atoms with Gasteiger partial charge in [-0.3, -0.25) is 9.52 Å². The standard InChI is InChI=1S/C23H21F3N2O5S/c1-14-7-9-18(34(30,31)28-20-10-8-17(32-2)12-21(20)33-3)13-19(14)22(29)27-16-6-4-5-15(11-16)23(24,25)26/h4-13,28H,1-3H3,(H,27,29). The fourth-order valence-electron chi connectivity index (χ4n) is 3.07. The van der Waals surface area contributed by atoms with Crippen molar-refractivity contribution in [3.8, 4) is 11.5 Å². The Kier molecular flexibility index (Phi) is 7.06.